The molecule has 0 N–H and O–H groups in total. The summed E-state index contributed by atoms with van der Waals surface area (Å²) in [4.78, 5) is 31.6. The largest absolute Gasteiger partial charge is 0.444 e. The molecule has 0 saturated heterocycles. The summed E-state index contributed by atoms with van der Waals surface area (Å²) in [5, 5.41) is 1.69. The molecule has 0 saturated carbocycles. The van der Waals surface area contributed by atoms with E-state index in [1.807, 2.05) is 46.0 Å². The highest BCUT2D eigenvalue weighted by molar-refractivity contribution is 6.30. The number of benzene rings is 1. The van der Waals surface area contributed by atoms with E-state index in [2.05, 4.69) is 15.6 Å². The summed E-state index contributed by atoms with van der Waals surface area (Å²) in [5.41, 5.74) is 4.88. The van der Waals surface area contributed by atoms with E-state index in [9.17, 15) is 9.59 Å². The van der Waals surface area contributed by atoms with Crippen molar-refractivity contribution in [2.45, 2.75) is 39.3 Å². The van der Waals surface area contributed by atoms with Crippen molar-refractivity contribution >= 4 is 28.6 Å². The van der Waals surface area contributed by atoms with Crippen LogP contribution >= 0.6 is 11.6 Å². The summed E-state index contributed by atoms with van der Waals surface area (Å²) in [6.45, 7) is 6.73. The minimum Gasteiger partial charge on any atom is -0.444 e. The van der Waals surface area contributed by atoms with E-state index < -0.39 is 5.60 Å². The maximum absolute atomic E-state index is 13.0. The predicted molar refractivity (Wildman–Crippen MR) is 137 cm³/mol. The second-order valence-electron chi connectivity index (χ2n) is 9.82. The zero-order valence-corrected chi connectivity index (χ0v) is 21.0. The van der Waals surface area contributed by atoms with Gasteiger partial charge in [0.05, 0.1) is 28.5 Å². The van der Waals surface area contributed by atoms with Gasteiger partial charge in [-0.2, -0.15) is 0 Å². The van der Waals surface area contributed by atoms with Crippen molar-refractivity contribution in [2.24, 2.45) is 7.05 Å². The lowest BCUT2D eigenvalue weighted by molar-refractivity contribution is 0.0220. The fourth-order valence-corrected chi connectivity index (χ4v) is 4.69. The quantitative estimate of drug-likeness (QED) is 0.380. The Balaban J connectivity index is 1.47. The van der Waals surface area contributed by atoms with Crippen molar-refractivity contribution in [3.8, 4) is 16.9 Å². The van der Waals surface area contributed by atoms with Crippen LogP contribution in [0.15, 0.2) is 59.7 Å². The van der Waals surface area contributed by atoms with Crippen LogP contribution in [0.5, 0.6) is 0 Å². The fourth-order valence-electron chi connectivity index (χ4n) is 4.57. The number of carbonyl (C=O) groups excluding carboxylic acids is 1. The topological polar surface area (TPSA) is 69.4 Å². The molecule has 180 valence electrons. The third-order valence-corrected chi connectivity index (χ3v) is 6.49. The molecule has 0 unspecified atom stereocenters. The van der Waals surface area contributed by atoms with Crippen LogP contribution in [0, 0.1) is 0 Å². The van der Waals surface area contributed by atoms with Crippen LogP contribution in [0.1, 0.15) is 32.0 Å². The average molecular weight is 491 g/mol. The van der Waals surface area contributed by atoms with E-state index in [0.717, 1.165) is 34.3 Å². The van der Waals surface area contributed by atoms with E-state index in [0.29, 0.717) is 23.8 Å². The van der Waals surface area contributed by atoms with Gasteiger partial charge in [-0.15, -0.1) is 0 Å². The number of carbonyl (C=O) groups is 1. The molecule has 0 bridgehead atoms. The maximum atomic E-state index is 13.0. The number of nitrogens with zero attached hydrogens (tertiary/aromatic N) is 4. The van der Waals surface area contributed by atoms with E-state index in [1.165, 1.54) is 5.56 Å². The Morgan fingerprint density at radius 2 is 1.91 bits per heavy atom. The molecule has 5 rings (SSSR count). The van der Waals surface area contributed by atoms with Crippen LogP contribution in [0.2, 0.25) is 5.02 Å². The molecule has 0 aliphatic carbocycles. The van der Waals surface area contributed by atoms with Crippen LogP contribution in [-0.2, 0) is 24.8 Å². The second kappa shape index (κ2) is 8.57. The summed E-state index contributed by atoms with van der Waals surface area (Å²) >= 11 is 5.93. The number of amides is 1. The Labute approximate surface area is 208 Å². The van der Waals surface area contributed by atoms with Crippen molar-refractivity contribution in [2.75, 3.05) is 6.54 Å². The first-order valence-electron chi connectivity index (χ1n) is 11.5. The van der Waals surface area contributed by atoms with Crippen LogP contribution in [0.25, 0.3) is 27.8 Å². The molecule has 0 radical (unpaired) electrons. The molecule has 35 heavy (non-hydrogen) atoms. The Hall–Kier alpha value is -3.58. The highest BCUT2D eigenvalue weighted by Crippen LogP contribution is 2.32. The van der Waals surface area contributed by atoms with Crippen LogP contribution in [-0.4, -0.2) is 37.3 Å². The molecule has 4 heterocycles. The molecular formula is C27H27ClN4O3. The van der Waals surface area contributed by atoms with Gasteiger partial charge >= 0.3 is 6.09 Å². The minimum atomic E-state index is -0.530. The Kier molecular flexibility index (Phi) is 5.68. The van der Waals surface area contributed by atoms with E-state index in [1.54, 1.807) is 40.1 Å². The Bertz CT molecular complexity index is 1500. The first kappa shape index (κ1) is 23.2. The monoisotopic (exact) mass is 490 g/mol. The average Bonchev–Trinajstić information content (AvgIpc) is 3.09. The number of pyridine rings is 2. The zero-order chi connectivity index (χ0) is 24.9. The van der Waals surface area contributed by atoms with Crippen LogP contribution in [0.3, 0.4) is 0 Å². The summed E-state index contributed by atoms with van der Waals surface area (Å²) in [5.74, 6) is 0. The van der Waals surface area contributed by atoms with Gasteiger partial charge in [-0.25, -0.2) is 4.79 Å². The highest BCUT2D eigenvalue weighted by Gasteiger charge is 2.29. The normalized spacial score (nSPS) is 13.7. The van der Waals surface area contributed by atoms with Gasteiger partial charge in [0.25, 0.3) is 5.56 Å². The molecule has 0 spiro atoms. The molecule has 4 aromatic rings. The van der Waals surface area contributed by atoms with Gasteiger partial charge in [0, 0.05) is 48.7 Å². The molecule has 7 nitrogen and oxygen atoms in total. The van der Waals surface area contributed by atoms with Gasteiger partial charge in [0.2, 0.25) is 0 Å². The summed E-state index contributed by atoms with van der Waals surface area (Å²) in [6, 6.07) is 13.0. The number of aromatic nitrogens is 3. The highest BCUT2D eigenvalue weighted by atomic mass is 35.5. The van der Waals surface area contributed by atoms with E-state index in [4.69, 9.17) is 16.3 Å². The standard InChI is InChI=1S/C27H27ClN4O3/c1-27(2,3)35-26(34)31-11-10-21-20-7-6-19(14-23(20)30(4)24(21)16-31)32-12-9-17(13-25(32)33)22-8-5-18(28)15-29-22/h5-9,12-15H,10-11,16H2,1-4H3. The van der Waals surface area contributed by atoms with E-state index >= 15 is 0 Å². The number of hydrogen-bond donors (Lipinski definition) is 0. The zero-order valence-electron chi connectivity index (χ0n) is 20.2. The fraction of sp³-hybridized carbons (Fsp3) is 0.296. The lowest BCUT2D eigenvalue weighted by atomic mass is 10.0. The van der Waals surface area contributed by atoms with Crippen molar-refractivity contribution in [3.05, 3.63) is 81.5 Å². The lowest BCUT2D eigenvalue weighted by Crippen LogP contribution is -2.40. The molecule has 1 aliphatic rings. The van der Waals surface area contributed by atoms with Gasteiger partial charge < -0.3 is 14.2 Å². The molecule has 0 fully saturated rings. The number of fused-ring (bicyclic) bond motifs is 3. The number of ether oxygens (including phenoxy) is 1. The molecule has 0 atom stereocenters. The minimum absolute atomic E-state index is 0.145. The number of rotatable bonds is 2. The number of hydrogen-bond acceptors (Lipinski definition) is 4. The summed E-state index contributed by atoms with van der Waals surface area (Å²) < 4.78 is 9.31. The first-order chi connectivity index (χ1) is 16.6. The molecule has 1 aromatic carbocycles. The van der Waals surface area contributed by atoms with Gasteiger partial charge in [0.15, 0.2) is 0 Å². The van der Waals surface area contributed by atoms with Crippen molar-refractivity contribution in [1.29, 1.82) is 0 Å². The SMILES string of the molecule is Cn1c2c(c3ccc(-n4ccc(-c5ccc(Cl)cn5)cc4=O)cc31)CCN(C(=O)OC(C)(C)C)C2. The molecule has 8 heteroatoms. The van der Waals surface area contributed by atoms with Gasteiger partial charge in [0.1, 0.15) is 5.60 Å². The Morgan fingerprint density at radius 3 is 2.60 bits per heavy atom. The summed E-state index contributed by atoms with van der Waals surface area (Å²) in [6.07, 6.45) is 3.80. The maximum Gasteiger partial charge on any atom is 0.410 e. The first-order valence-corrected chi connectivity index (χ1v) is 11.9. The lowest BCUT2D eigenvalue weighted by Gasteiger charge is -2.30. The van der Waals surface area contributed by atoms with Gasteiger partial charge in [-0.05, 0) is 63.1 Å². The van der Waals surface area contributed by atoms with Crippen LogP contribution < -0.4 is 5.56 Å². The molecule has 3 aromatic heterocycles. The van der Waals surface area contributed by atoms with E-state index in [-0.39, 0.29) is 11.7 Å². The molecule has 1 amide bonds. The smallest absolute Gasteiger partial charge is 0.410 e. The number of aryl methyl sites for hydroxylation is 1. The van der Waals surface area contributed by atoms with Gasteiger partial charge in [-0.3, -0.25) is 14.3 Å². The van der Waals surface area contributed by atoms with Crippen molar-refractivity contribution in [1.82, 2.24) is 19.0 Å². The molecular weight excluding hydrogens is 464 g/mol. The number of halogens is 1. The van der Waals surface area contributed by atoms with Gasteiger partial charge in [-0.1, -0.05) is 17.7 Å². The summed E-state index contributed by atoms with van der Waals surface area (Å²) in [7, 11) is 2.00. The third-order valence-electron chi connectivity index (χ3n) is 6.27. The molecule has 1 aliphatic heterocycles. The van der Waals surface area contributed by atoms with Crippen molar-refractivity contribution < 1.29 is 9.53 Å². The van der Waals surface area contributed by atoms with Crippen molar-refractivity contribution in [3.63, 3.8) is 0 Å². The Morgan fingerprint density at radius 1 is 1.11 bits per heavy atom. The predicted octanol–water partition coefficient (Wildman–Crippen LogP) is 5.34. The second-order valence-corrected chi connectivity index (χ2v) is 10.3. The third kappa shape index (κ3) is 4.44. The van der Waals surface area contributed by atoms with Crippen LogP contribution in [0.4, 0.5) is 4.79 Å².